The number of carbonyl (C=O) groups is 2. The number of piperidine rings is 1. The zero-order valence-electron chi connectivity index (χ0n) is 24.1. The molecule has 1 atom stereocenters. The maximum absolute atomic E-state index is 13.3. The Balaban J connectivity index is 1.16. The second kappa shape index (κ2) is 14.2. The number of methoxy groups -OCH3 is 2. The third kappa shape index (κ3) is 7.52. The third-order valence-corrected chi connectivity index (χ3v) is 7.72. The van der Waals surface area contributed by atoms with E-state index in [4.69, 9.17) is 25.6 Å². The molecule has 1 saturated heterocycles. The van der Waals surface area contributed by atoms with Gasteiger partial charge in [0.05, 0.1) is 43.0 Å². The van der Waals surface area contributed by atoms with E-state index >= 15 is 0 Å². The number of ether oxygens (including phenoxy) is 2. The molecule has 43 heavy (non-hydrogen) atoms. The van der Waals surface area contributed by atoms with E-state index < -0.39 is 0 Å². The smallest absolute Gasteiger partial charge is 0.253 e. The van der Waals surface area contributed by atoms with E-state index in [2.05, 4.69) is 25.7 Å². The topological polar surface area (TPSA) is 119 Å². The molecule has 0 bridgehead atoms. The molecule has 1 unspecified atom stereocenters. The van der Waals surface area contributed by atoms with E-state index in [1.54, 1.807) is 44.6 Å². The van der Waals surface area contributed by atoms with Crippen LogP contribution in [0.15, 0.2) is 71.3 Å². The third-order valence-electron chi connectivity index (χ3n) is 7.39. The molecule has 2 N–H and O–H groups in total. The first kappa shape index (κ1) is 30.1. The van der Waals surface area contributed by atoms with Gasteiger partial charge < -0.3 is 24.6 Å². The van der Waals surface area contributed by atoms with E-state index in [1.807, 2.05) is 36.4 Å². The number of halogens is 1. The van der Waals surface area contributed by atoms with Crippen molar-refractivity contribution in [2.24, 2.45) is 5.92 Å². The predicted molar refractivity (Wildman–Crippen MR) is 163 cm³/mol. The average Bonchev–Trinajstić information content (AvgIpc) is 3.49. The summed E-state index contributed by atoms with van der Waals surface area (Å²) >= 11 is 6.27. The Labute approximate surface area is 255 Å². The van der Waals surface area contributed by atoms with Crippen LogP contribution in [0.4, 0.5) is 5.69 Å². The number of hydrogen-bond acceptors (Lipinski definition) is 8. The summed E-state index contributed by atoms with van der Waals surface area (Å²) in [6.45, 7) is 2.20. The van der Waals surface area contributed by atoms with Gasteiger partial charge in [0.15, 0.2) is 11.5 Å². The number of hydrogen-bond donors (Lipinski definition) is 2. The summed E-state index contributed by atoms with van der Waals surface area (Å²) in [6.07, 6.45) is 2.21. The van der Waals surface area contributed by atoms with Gasteiger partial charge in [0.1, 0.15) is 0 Å². The minimum atomic E-state index is -0.257. The van der Waals surface area contributed by atoms with Crippen molar-refractivity contribution >= 4 is 29.1 Å². The molecule has 1 aliphatic rings. The second-order valence-corrected chi connectivity index (χ2v) is 10.7. The summed E-state index contributed by atoms with van der Waals surface area (Å²) in [5.74, 6) is 1.56. The zero-order valence-corrected chi connectivity index (χ0v) is 24.9. The molecule has 2 amide bonds. The molecule has 1 aliphatic heterocycles. The fourth-order valence-corrected chi connectivity index (χ4v) is 5.37. The minimum Gasteiger partial charge on any atom is -0.493 e. The Hall–Kier alpha value is -4.41. The van der Waals surface area contributed by atoms with Crippen LogP contribution in [-0.2, 0) is 17.8 Å². The van der Waals surface area contributed by atoms with Gasteiger partial charge in [-0.3, -0.25) is 14.5 Å². The van der Waals surface area contributed by atoms with Gasteiger partial charge in [-0.05, 0) is 67.8 Å². The summed E-state index contributed by atoms with van der Waals surface area (Å²) in [5.41, 5.74) is 2.60. The Bertz CT molecular complexity index is 1580. The maximum atomic E-state index is 13.3. The van der Waals surface area contributed by atoms with Crippen LogP contribution in [0, 0.1) is 5.92 Å². The van der Waals surface area contributed by atoms with Crippen LogP contribution in [0.3, 0.4) is 0 Å². The molecule has 0 saturated carbocycles. The van der Waals surface area contributed by atoms with E-state index in [1.165, 1.54) is 0 Å². The predicted octanol–water partition coefficient (Wildman–Crippen LogP) is 5.23. The Morgan fingerprint density at radius 3 is 2.65 bits per heavy atom. The lowest BCUT2D eigenvalue weighted by atomic mass is 9.96. The zero-order chi connectivity index (χ0) is 30.2. The monoisotopic (exact) mass is 603 g/mol. The van der Waals surface area contributed by atoms with Crippen LogP contribution in [0.25, 0.3) is 11.4 Å². The first-order chi connectivity index (χ1) is 20.9. The average molecular weight is 604 g/mol. The normalized spacial score (nSPS) is 15.1. The highest BCUT2D eigenvalue weighted by molar-refractivity contribution is 6.33. The van der Waals surface area contributed by atoms with Crippen LogP contribution < -0.4 is 20.1 Å². The molecule has 4 aromatic rings. The van der Waals surface area contributed by atoms with E-state index in [-0.39, 0.29) is 17.7 Å². The molecule has 5 rings (SSSR count). The van der Waals surface area contributed by atoms with Crippen LogP contribution >= 0.6 is 11.6 Å². The van der Waals surface area contributed by atoms with E-state index in [0.717, 1.165) is 24.9 Å². The van der Waals surface area contributed by atoms with Gasteiger partial charge in [-0.1, -0.05) is 47.1 Å². The molecule has 224 valence electrons. The van der Waals surface area contributed by atoms with Gasteiger partial charge in [-0.2, -0.15) is 4.98 Å². The molecule has 1 fully saturated rings. The molecule has 0 radical (unpaired) electrons. The summed E-state index contributed by atoms with van der Waals surface area (Å²) in [7, 11) is 3.18. The van der Waals surface area contributed by atoms with Gasteiger partial charge in [0, 0.05) is 18.7 Å². The quantitative estimate of drug-likeness (QED) is 0.239. The van der Waals surface area contributed by atoms with Crippen LogP contribution in [0.1, 0.15) is 34.7 Å². The number of aromatic nitrogens is 2. The first-order valence-corrected chi connectivity index (χ1v) is 14.5. The van der Waals surface area contributed by atoms with Gasteiger partial charge in [0.2, 0.25) is 17.6 Å². The van der Waals surface area contributed by atoms with Crippen LogP contribution in [-0.4, -0.2) is 60.7 Å². The molecular weight excluding hydrogens is 570 g/mol. The second-order valence-electron chi connectivity index (χ2n) is 10.3. The number of rotatable bonds is 11. The Morgan fingerprint density at radius 1 is 1.05 bits per heavy atom. The Kier molecular flexibility index (Phi) is 9.91. The standard InChI is InChI=1S/C32H34ClN5O5/c1-41-27-14-13-21(18-28(27)42-2)15-16-34-32(40)24-10-4-6-12-26(24)35-31(39)22-8-7-17-38(19-22)20-29-36-30(37-43-29)23-9-3-5-11-25(23)33/h3-6,9-14,18,22H,7-8,15-17,19-20H2,1-2H3,(H,34,40)(H,35,39). The summed E-state index contributed by atoms with van der Waals surface area (Å²) in [5, 5.41) is 10.6. The Morgan fingerprint density at radius 2 is 1.84 bits per heavy atom. The molecule has 2 heterocycles. The molecule has 11 heteroatoms. The van der Waals surface area contributed by atoms with Crippen molar-refractivity contribution in [2.75, 3.05) is 39.2 Å². The van der Waals surface area contributed by atoms with E-state index in [0.29, 0.717) is 71.1 Å². The van der Waals surface area contributed by atoms with Gasteiger partial charge in [0.25, 0.3) is 5.91 Å². The van der Waals surface area contributed by atoms with Gasteiger partial charge >= 0.3 is 0 Å². The maximum Gasteiger partial charge on any atom is 0.253 e. The number of para-hydroxylation sites is 1. The number of likely N-dealkylation sites (tertiary alicyclic amines) is 1. The van der Waals surface area contributed by atoms with Crippen molar-refractivity contribution < 1.29 is 23.6 Å². The van der Waals surface area contributed by atoms with Gasteiger partial charge in [-0.15, -0.1) is 0 Å². The molecule has 0 aliphatic carbocycles. The molecule has 3 aromatic carbocycles. The van der Waals surface area contributed by atoms with Crippen molar-refractivity contribution in [3.05, 3.63) is 88.8 Å². The molecule has 10 nitrogen and oxygen atoms in total. The van der Waals surface area contributed by atoms with Crippen molar-refractivity contribution in [3.63, 3.8) is 0 Å². The largest absolute Gasteiger partial charge is 0.493 e. The van der Waals surface area contributed by atoms with Crippen LogP contribution in [0.5, 0.6) is 11.5 Å². The summed E-state index contributed by atoms with van der Waals surface area (Å²) in [6, 6.07) is 20.0. The summed E-state index contributed by atoms with van der Waals surface area (Å²) in [4.78, 5) is 33.0. The molecule has 0 spiro atoms. The molecular formula is C32H34ClN5O5. The first-order valence-electron chi connectivity index (χ1n) is 14.1. The van der Waals surface area contributed by atoms with Crippen molar-refractivity contribution in [2.45, 2.75) is 25.8 Å². The molecule has 1 aromatic heterocycles. The SMILES string of the molecule is COc1ccc(CCNC(=O)c2ccccc2NC(=O)C2CCCN(Cc3nc(-c4ccccc4Cl)no3)C2)cc1OC. The fourth-order valence-electron chi connectivity index (χ4n) is 5.15. The fraction of sp³-hybridized carbons (Fsp3) is 0.312. The van der Waals surface area contributed by atoms with Gasteiger partial charge in [-0.25, -0.2) is 0 Å². The number of amides is 2. The number of benzene rings is 3. The number of anilines is 1. The highest BCUT2D eigenvalue weighted by atomic mass is 35.5. The number of carbonyl (C=O) groups excluding carboxylic acids is 2. The highest BCUT2D eigenvalue weighted by Gasteiger charge is 2.28. The van der Waals surface area contributed by atoms with E-state index in [9.17, 15) is 9.59 Å². The lowest BCUT2D eigenvalue weighted by Gasteiger charge is -2.31. The van der Waals surface area contributed by atoms with Crippen molar-refractivity contribution in [3.8, 4) is 22.9 Å². The van der Waals surface area contributed by atoms with Crippen LogP contribution in [0.2, 0.25) is 5.02 Å². The van der Waals surface area contributed by atoms with Crippen molar-refractivity contribution in [1.29, 1.82) is 0 Å². The lowest BCUT2D eigenvalue weighted by Crippen LogP contribution is -2.40. The minimum absolute atomic E-state index is 0.127. The lowest BCUT2D eigenvalue weighted by molar-refractivity contribution is -0.121. The number of nitrogens with one attached hydrogen (secondary N) is 2. The summed E-state index contributed by atoms with van der Waals surface area (Å²) < 4.78 is 16.1. The number of nitrogens with zero attached hydrogens (tertiary/aromatic N) is 3. The van der Waals surface area contributed by atoms with Crippen molar-refractivity contribution in [1.82, 2.24) is 20.4 Å². The highest BCUT2D eigenvalue weighted by Crippen LogP contribution is 2.28.